The second kappa shape index (κ2) is 5.88. The number of aldehydes is 1. The molecule has 1 aromatic rings. The number of carbonyl (C=O) groups is 1. The largest absolute Gasteiger partial charge is 0.496 e. The van der Waals surface area contributed by atoms with Crippen molar-refractivity contribution in [1.82, 2.24) is 4.90 Å². The van der Waals surface area contributed by atoms with Crippen LogP contribution in [-0.4, -0.2) is 31.9 Å². The molecule has 0 amide bonds. The molecule has 0 aliphatic carbocycles. The first kappa shape index (κ1) is 12.2. The van der Waals surface area contributed by atoms with E-state index in [4.69, 9.17) is 4.74 Å². The fraction of sp³-hybridized carbons (Fsp3) is 0.364. The minimum atomic E-state index is 0.426. The molecule has 0 aliphatic heterocycles. The quantitative estimate of drug-likeness (QED) is 0.769. The van der Waals surface area contributed by atoms with Crippen LogP contribution in [0.15, 0.2) is 22.7 Å². The van der Waals surface area contributed by atoms with E-state index >= 15 is 0 Å². The zero-order valence-electron chi connectivity index (χ0n) is 8.87. The van der Waals surface area contributed by atoms with Crippen LogP contribution in [0, 0.1) is 0 Å². The van der Waals surface area contributed by atoms with E-state index in [9.17, 15) is 4.79 Å². The van der Waals surface area contributed by atoms with Gasteiger partial charge in [-0.05, 0) is 25.2 Å². The van der Waals surface area contributed by atoms with Crippen LogP contribution in [0.5, 0.6) is 5.75 Å². The van der Waals surface area contributed by atoms with Crippen LogP contribution in [-0.2, 0) is 11.3 Å². The van der Waals surface area contributed by atoms with Gasteiger partial charge < -0.3 is 9.53 Å². The lowest BCUT2D eigenvalue weighted by Gasteiger charge is -2.15. The van der Waals surface area contributed by atoms with E-state index in [2.05, 4.69) is 15.9 Å². The highest BCUT2D eigenvalue weighted by Crippen LogP contribution is 2.23. The maximum atomic E-state index is 10.3. The summed E-state index contributed by atoms with van der Waals surface area (Å²) in [5.74, 6) is 0.843. The first-order valence-corrected chi connectivity index (χ1v) is 5.41. The molecular weight excluding hydrogens is 258 g/mol. The fourth-order valence-electron chi connectivity index (χ4n) is 1.35. The summed E-state index contributed by atoms with van der Waals surface area (Å²) >= 11 is 3.41. The Morgan fingerprint density at radius 3 is 2.87 bits per heavy atom. The second-order valence-corrected chi connectivity index (χ2v) is 4.24. The molecule has 0 heterocycles. The molecule has 0 fully saturated rings. The van der Waals surface area contributed by atoms with Crippen LogP contribution >= 0.6 is 15.9 Å². The van der Waals surface area contributed by atoms with E-state index < -0.39 is 0 Å². The van der Waals surface area contributed by atoms with Crippen molar-refractivity contribution >= 4 is 22.2 Å². The average Bonchev–Trinajstić information content (AvgIpc) is 2.18. The minimum Gasteiger partial charge on any atom is -0.496 e. The predicted molar refractivity (Wildman–Crippen MR) is 63.1 cm³/mol. The molecule has 1 rings (SSSR count). The zero-order chi connectivity index (χ0) is 11.3. The normalized spacial score (nSPS) is 10.4. The van der Waals surface area contributed by atoms with Gasteiger partial charge in [0.2, 0.25) is 0 Å². The lowest BCUT2D eigenvalue weighted by atomic mass is 10.2. The average molecular weight is 272 g/mol. The van der Waals surface area contributed by atoms with Gasteiger partial charge >= 0.3 is 0 Å². The third kappa shape index (κ3) is 3.64. The molecule has 0 saturated heterocycles. The van der Waals surface area contributed by atoms with E-state index in [0.29, 0.717) is 13.1 Å². The van der Waals surface area contributed by atoms with Crippen molar-refractivity contribution in [2.45, 2.75) is 6.54 Å². The van der Waals surface area contributed by atoms with Gasteiger partial charge in [-0.1, -0.05) is 15.9 Å². The first-order chi connectivity index (χ1) is 7.17. The fourth-order valence-corrected chi connectivity index (χ4v) is 1.76. The van der Waals surface area contributed by atoms with Crippen molar-refractivity contribution in [2.75, 3.05) is 20.7 Å². The van der Waals surface area contributed by atoms with Crippen molar-refractivity contribution in [2.24, 2.45) is 0 Å². The van der Waals surface area contributed by atoms with Gasteiger partial charge in [0.15, 0.2) is 0 Å². The number of ether oxygens (including phenoxy) is 1. The number of halogens is 1. The van der Waals surface area contributed by atoms with Crippen molar-refractivity contribution in [1.29, 1.82) is 0 Å². The van der Waals surface area contributed by atoms with Gasteiger partial charge in [0.25, 0.3) is 0 Å². The number of hydrogen-bond donors (Lipinski definition) is 0. The van der Waals surface area contributed by atoms with Gasteiger partial charge in [0.05, 0.1) is 13.7 Å². The summed E-state index contributed by atoms with van der Waals surface area (Å²) < 4.78 is 6.26. The third-order valence-electron chi connectivity index (χ3n) is 2.07. The third-order valence-corrected chi connectivity index (χ3v) is 2.56. The van der Waals surface area contributed by atoms with E-state index in [1.807, 2.05) is 30.1 Å². The molecular formula is C11H14BrNO2. The first-order valence-electron chi connectivity index (χ1n) is 4.62. The van der Waals surface area contributed by atoms with E-state index in [1.54, 1.807) is 7.11 Å². The van der Waals surface area contributed by atoms with Crippen molar-refractivity contribution < 1.29 is 9.53 Å². The topological polar surface area (TPSA) is 29.5 Å². The monoisotopic (exact) mass is 271 g/mol. The number of rotatable bonds is 5. The Morgan fingerprint density at radius 1 is 1.53 bits per heavy atom. The number of likely N-dealkylation sites (N-methyl/N-ethyl adjacent to an activating group) is 1. The second-order valence-electron chi connectivity index (χ2n) is 3.32. The lowest BCUT2D eigenvalue weighted by molar-refractivity contribution is -0.108. The number of nitrogens with zero attached hydrogens (tertiary/aromatic N) is 1. The molecule has 0 unspecified atom stereocenters. The Balaban J connectivity index is 2.81. The summed E-state index contributed by atoms with van der Waals surface area (Å²) in [6, 6.07) is 5.84. The minimum absolute atomic E-state index is 0.426. The Morgan fingerprint density at radius 2 is 2.27 bits per heavy atom. The molecule has 15 heavy (non-hydrogen) atoms. The summed E-state index contributed by atoms with van der Waals surface area (Å²) in [4.78, 5) is 12.3. The molecule has 0 bridgehead atoms. The Bertz CT molecular complexity index is 341. The number of benzene rings is 1. The van der Waals surface area contributed by atoms with Gasteiger partial charge in [-0.25, -0.2) is 0 Å². The SMILES string of the molecule is COc1ccc(Br)cc1CN(C)CC=O. The van der Waals surface area contributed by atoms with Crippen LogP contribution in [0.2, 0.25) is 0 Å². The van der Waals surface area contributed by atoms with Gasteiger partial charge in [0, 0.05) is 16.6 Å². The molecule has 0 aliphatic rings. The maximum Gasteiger partial charge on any atom is 0.133 e. The number of carbonyl (C=O) groups excluding carboxylic acids is 1. The summed E-state index contributed by atoms with van der Waals surface area (Å²) in [6.45, 7) is 1.12. The Labute approximate surface area is 98.2 Å². The summed E-state index contributed by atoms with van der Waals surface area (Å²) in [7, 11) is 3.54. The Kier molecular flexibility index (Phi) is 4.78. The Hall–Kier alpha value is -0.870. The van der Waals surface area contributed by atoms with E-state index in [0.717, 1.165) is 22.1 Å². The highest BCUT2D eigenvalue weighted by atomic mass is 79.9. The van der Waals surface area contributed by atoms with Crippen molar-refractivity contribution in [3.8, 4) is 5.75 Å². The zero-order valence-corrected chi connectivity index (χ0v) is 10.5. The molecule has 4 heteroatoms. The summed E-state index contributed by atoms with van der Waals surface area (Å²) in [5, 5.41) is 0. The summed E-state index contributed by atoms with van der Waals surface area (Å²) in [5.41, 5.74) is 1.07. The molecule has 0 spiro atoms. The van der Waals surface area contributed by atoms with Gasteiger partial charge in [0.1, 0.15) is 12.0 Å². The molecule has 82 valence electrons. The molecule has 0 saturated carbocycles. The smallest absolute Gasteiger partial charge is 0.133 e. The van der Waals surface area contributed by atoms with Crippen LogP contribution in [0.25, 0.3) is 0 Å². The lowest BCUT2D eigenvalue weighted by Crippen LogP contribution is -2.20. The van der Waals surface area contributed by atoms with Gasteiger partial charge in [-0.2, -0.15) is 0 Å². The number of methoxy groups -OCH3 is 1. The van der Waals surface area contributed by atoms with Crippen LogP contribution in [0.4, 0.5) is 0 Å². The summed E-state index contributed by atoms with van der Waals surface area (Å²) in [6.07, 6.45) is 0.893. The molecule has 1 aromatic carbocycles. The van der Waals surface area contributed by atoms with Crippen LogP contribution in [0.3, 0.4) is 0 Å². The molecule has 0 N–H and O–H groups in total. The molecule has 3 nitrogen and oxygen atoms in total. The van der Waals surface area contributed by atoms with Crippen molar-refractivity contribution in [3.05, 3.63) is 28.2 Å². The predicted octanol–water partition coefficient (Wildman–Crippen LogP) is 2.09. The number of hydrogen-bond acceptors (Lipinski definition) is 3. The highest BCUT2D eigenvalue weighted by molar-refractivity contribution is 9.10. The van der Waals surface area contributed by atoms with Crippen LogP contribution in [0.1, 0.15) is 5.56 Å². The standard InChI is InChI=1S/C11H14BrNO2/c1-13(5-6-14)8-9-7-10(12)3-4-11(9)15-2/h3-4,6-7H,5,8H2,1-2H3. The molecule has 0 atom stereocenters. The highest BCUT2D eigenvalue weighted by Gasteiger charge is 2.06. The van der Waals surface area contributed by atoms with E-state index in [1.165, 1.54) is 0 Å². The molecule has 0 aromatic heterocycles. The van der Waals surface area contributed by atoms with Gasteiger partial charge in [-0.15, -0.1) is 0 Å². The maximum absolute atomic E-state index is 10.3. The van der Waals surface area contributed by atoms with E-state index in [-0.39, 0.29) is 0 Å². The van der Waals surface area contributed by atoms with Crippen LogP contribution < -0.4 is 4.74 Å². The van der Waals surface area contributed by atoms with Crippen molar-refractivity contribution in [3.63, 3.8) is 0 Å². The molecule has 0 radical (unpaired) electrons. The van der Waals surface area contributed by atoms with Gasteiger partial charge in [-0.3, -0.25) is 4.90 Å².